The van der Waals surface area contributed by atoms with Gasteiger partial charge in [0.05, 0.1) is 0 Å². The summed E-state index contributed by atoms with van der Waals surface area (Å²) in [6.07, 6.45) is 0. The van der Waals surface area contributed by atoms with E-state index in [1.165, 1.54) is 43.4 Å². The maximum absolute atomic E-state index is 6.18. The predicted octanol–water partition coefficient (Wildman–Crippen LogP) is 6.51. The molecule has 0 aliphatic heterocycles. The zero-order valence-corrected chi connectivity index (χ0v) is 13.2. The first-order chi connectivity index (χ1) is 11.2. The summed E-state index contributed by atoms with van der Waals surface area (Å²) in [5.41, 5.74) is 4.48. The van der Waals surface area contributed by atoms with E-state index in [1.807, 2.05) is 0 Å². The fourth-order valence-electron chi connectivity index (χ4n) is 3.66. The molecule has 0 fully saturated rings. The second kappa shape index (κ2) is 4.36. The Morgan fingerprint density at radius 1 is 0.652 bits per heavy atom. The lowest BCUT2D eigenvalue weighted by molar-refractivity contribution is 0.665. The van der Waals surface area contributed by atoms with E-state index in [2.05, 4.69) is 74.5 Å². The fourth-order valence-corrected chi connectivity index (χ4v) is 3.66. The first kappa shape index (κ1) is 12.7. The minimum Gasteiger partial charge on any atom is -0.456 e. The molecule has 0 bridgehead atoms. The number of rotatable bonds is 0. The Morgan fingerprint density at radius 3 is 2.35 bits per heavy atom. The van der Waals surface area contributed by atoms with Crippen LogP contribution in [0.25, 0.3) is 43.5 Å². The van der Waals surface area contributed by atoms with Crippen LogP contribution in [-0.4, -0.2) is 0 Å². The zero-order valence-electron chi connectivity index (χ0n) is 13.2. The smallest absolute Gasteiger partial charge is 0.138 e. The van der Waals surface area contributed by atoms with E-state index in [-0.39, 0.29) is 0 Å². The average Bonchev–Trinajstić information content (AvgIpc) is 2.97. The van der Waals surface area contributed by atoms with Crippen LogP contribution < -0.4 is 0 Å². The highest BCUT2D eigenvalue weighted by molar-refractivity contribution is 6.23. The van der Waals surface area contributed by atoms with Gasteiger partial charge in [-0.3, -0.25) is 0 Å². The van der Waals surface area contributed by atoms with Crippen LogP contribution >= 0.6 is 0 Å². The van der Waals surface area contributed by atoms with Crippen LogP contribution in [0.15, 0.2) is 65.1 Å². The van der Waals surface area contributed by atoms with Gasteiger partial charge in [-0.1, -0.05) is 54.6 Å². The average molecular weight is 296 g/mol. The quantitative estimate of drug-likeness (QED) is 0.297. The minimum atomic E-state index is 0.969. The van der Waals surface area contributed by atoms with Crippen molar-refractivity contribution in [2.75, 3.05) is 0 Å². The summed E-state index contributed by atoms with van der Waals surface area (Å²) in [6, 6.07) is 21.7. The molecule has 0 spiro atoms. The molecule has 1 nitrogen and oxygen atoms in total. The van der Waals surface area contributed by atoms with Crippen LogP contribution in [0.2, 0.25) is 0 Å². The zero-order chi connectivity index (χ0) is 15.6. The summed E-state index contributed by atoms with van der Waals surface area (Å²) in [5.74, 6) is 0. The van der Waals surface area contributed by atoms with Crippen molar-refractivity contribution in [2.24, 2.45) is 0 Å². The molecule has 0 unspecified atom stereocenters. The van der Waals surface area contributed by atoms with Gasteiger partial charge in [-0.05, 0) is 52.6 Å². The van der Waals surface area contributed by atoms with Crippen LogP contribution in [0.3, 0.4) is 0 Å². The second-order valence-corrected chi connectivity index (χ2v) is 6.31. The molecule has 5 aromatic rings. The molecule has 1 heterocycles. The normalized spacial score (nSPS) is 11.9. The van der Waals surface area contributed by atoms with Crippen molar-refractivity contribution < 1.29 is 4.42 Å². The Bertz CT molecular complexity index is 1220. The number of aryl methyl sites for hydroxylation is 2. The maximum atomic E-state index is 6.18. The summed E-state index contributed by atoms with van der Waals surface area (Å²) in [4.78, 5) is 0. The van der Waals surface area contributed by atoms with Gasteiger partial charge in [0.25, 0.3) is 0 Å². The number of hydrogen-bond acceptors (Lipinski definition) is 1. The van der Waals surface area contributed by atoms with E-state index in [1.54, 1.807) is 0 Å². The molecule has 0 saturated carbocycles. The molecule has 23 heavy (non-hydrogen) atoms. The predicted molar refractivity (Wildman–Crippen MR) is 98.2 cm³/mol. The summed E-state index contributed by atoms with van der Waals surface area (Å²) in [7, 11) is 0. The number of benzene rings is 4. The third-order valence-corrected chi connectivity index (χ3v) is 5.05. The molecular weight excluding hydrogens is 280 g/mol. The van der Waals surface area contributed by atoms with E-state index in [0.29, 0.717) is 0 Å². The van der Waals surface area contributed by atoms with Crippen LogP contribution in [0.1, 0.15) is 11.1 Å². The van der Waals surface area contributed by atoms with Crippen molar-refractivity contribution in [3.8, 4) is 0 Å². The Balaban J connectivity index is 2.07. The van der Waals surface area contributed by atoms with E-state index in [0.717, 1.165) is 11.2 Å². The summed E-state index contributed by atoms with van der Waals surface area (Å²) in [5, 5.41) is 7.57. The lowest BCUT2D eigenvalue weighted by atomic mass is 9.97. The van der Waals surface area contributed by atoms with E-state index in [9.17, 15) is 0 Å². The molecule has 0 N–H and O–H groups in total. The highest BCUT2D eigenvalue weighted by Crippen LogP contribution is 2.38. The monoisotopic (exact) mass is 296 g/mol. The van der Waals surface area contributed by atoms with E-state index in [4.69, 9.17) is 4.42 Å². The highest BCUT2D eigenvalue weighted by atomic mass is 16.3. The molecule has 0 saturated heterocycles. The van der Waals surface area contributed by atoms with Crippen molar-refractivity contribution in [3.63, 3.8) is 0 Å². The van der Waals surface area contributed by atoms with Gasteiger partial charge in [0.1, 0.15) is 11.2 Å². The number of hydrogen-bond donors (Lipinski definition) is 0. The van der Waals surface area contributed by atoms with Crippen molar-refractivity contribution in [1.29, 1.82) is 0 Å². The standard InChI is InChI=1S/C22H16O/c1-13-7-9-19-21-18-10-8-15-5-3-4-6-16(15)17(18)11-12-20(21)23-22(19)14(13)2/h3-12H,1-2H3. The van der Waals surface area contributed by atoms with Crippen LogP contribution in [0.4, 0.5) is 0 Å². The molecule has 0 aliphatic rings. The fraction of sp³-hybridized carbons (Fsp3) is 0.0909. The van der Waals surface area contributed by atoms with Gasteiger partial charge in [-0.15, -0.1) is 0 Å². The number of fused-ring (bicyclic) bond motifs is 7. The van der Waals surface area contributed by atoms with Crippen LogP contribution in [0, 0.1) is 13.8 Å². The van der Waals surface area contributed by atoms with Gasteiger partial charge in [-0.25, -0.2) is 0 Å². The molecule has 0 aliphatic carbocycles. The molecular formula is C22H16O. The molecule has 1 heteroatoms. The van der Waals surface area contributed by atoms with Crippen molar-refractivity contribution in [3.05, 3.63) is 71.8 Å². The van der Waals surface area contributed by atoms with E-state index < -0.39 is 0 Å². The Hall–Kier alpha value is -2.80. The Morgan fingerprint density at radius 2 is 1.43 bits per heavy atom. The van der Waals surface area contributed by atoms with Gasteiger partial charge in [0.2, 0.25) is 0 Å². The third kappa shape index (κ3) is 1.62. The molecule has 4 aromatic carbocycles. The summed E-state index contributed by atoms with van der Waals surface area (Å²) >= 11 is 0. The van der Waals surface area contributed by atoms with Crippen molar-refractivity contribution in [1.82, 2.24) is 0 Å². The molecule has 1 aromatic heterocycles. The lowest BCUT2D eigenvalue weighted by Crippen LogP contribution is -1.81. The highest BCUT2D eigenvalue weighted by Gasteiger charge is 2.13. The van der Waals surface area contributed by atoms with E-state index >= 15 is 0 Å². The van der Waals surface area contributed by atoms with Gasteiger partial charge >= 0.3 is 0 Å². The van der Waals surface area contributed by atoms with Gasteiger partial charge in [-0.2, -0.15) is 0 Å². The van der Waals surface area contributed by atoms with Gasteiger partial charge in [0, 0.05) is 10.8 Å². The molecule has 0 atom stereocenters. The van der Waals surface area contributed by atoms with Crippen molar-refractivity contribution in [2.45, 2.75) is 13.8 Å². The summed E-state index contributed by atoms with van der Waals surface area (Å²) < 4.78 is 6.18. The lowest BCUT2D eigenvalue weighted by Gasteiger charge is -2.05. The molecule has 110 valence electrons. The first-order valence-electron chi connectivity index (χ1n) is 7.97. The number of furan rings is 1. The largest absolute Gasteiger partial charge is 0.456 e. The SMILES string of the molecule is Cc1ccc2c(oc3ccc4c5ccccc5ccc4c32)c1C. The first-order valence-corrected chi connectivity index (χ1v) is 7.97. The van der Waals surface area contributed by atoms with Crippen molar-refractivity contribution >= 4 is 43.5 Å². The molecule has 0 radical (unpaired) electrons. The van der Waals surface area contributed by atoms with Gasteiger partial charge < -0.3 is 4.42 Å². The maximum Gasteiger partial charge on any atom is 0.138 e. The molecule has 0 amide bonds. The Kier molecular flexibility index (Phi) is 2.41. The van der Waals surface area contributed by atoms with Crippen LogP contribution in [-0.2, 0) is 0 Å². The van der Waals surface area contributed by atoms with Crippen LogP contribution in [0.5, 0.6) is 0 Å². The van der Waals surface area contributed by atoms with Gasteiger partial charge in [0.15, 0.2) is 0 Å². The topological polar surface area (TPSA) is 13.1 Å². The minimum absolute atomic E-state index is 0.969. The Labute approximate surface area is 134 Å². The molecule has 5 rings (SSSR count). The second-order valence-electron chi connectivity index (χ2n) is 6.31. The third-order valence-electron chi connectivity index (χ3n) is 5.05. The summed E-state index contributed by atoms with van der Waals surface area (Å²) in [6.45, 7) is 4.27.